The van der Waals surface area contributed by atoms with Crippen molar-refractivity contribution in [3.8, 4) is 17.2 Å². The molecular weight excluding hydrogens is 458 g/mol. The first-order valence-corrected chi connectivity index (χ1v) is 13.1. The van der Waals surface area contributed by atoms with Crippen molar-refractivity contribution in [2.45, 2.75) is 57.8 Å². The predicted octanol–water partition coefficient (Wildman–Crippen LogP) is 4.66. The number of esters is 1. The van der Waals surface area contributed by atoms with Crippen LogP contribution in [0, 0.1) is 19.8 Å². The monoisotopic (exact) mass is 489 g/mol. The highest BCUT2D eigenvalue weighted by atomic mass is 32.2. The zero-order valence-corrected chi connectivity index (χ0v) is 20.5. The highest BCUT2D eigenvalue weighted by Crippen LogP contribution is 2.36. The van der Waals surface area contributed by atoms with E-state index in [9.17, 15) is 23.1 Å². The number of rotatable bonds is 7. The van der Waals surface area contributed by atoms with Crippen molar-refractivity contribution in [2.24, 2.45) is 5.92 Å². The van der Waals surface area contributed by atoms with E-state index in [1.807, 2.05) is 0 Å². The van der Waals surface area contributed by atoms with Gasteiger partial charge in [0.05, 0.1) is 12.4 Å². The van der Waals surface area contributed by atoms with Crippen LogP contribution in [0.1, 0.15) is 50.2 Å². The molecule has 34 heavy (non-hydrogen) atoms. The van der Waals surface area contributed by atoms with Crippen LogP contribution in [-0.4, -0.2) is 37.8 Å². The summed E-state index contributed by atoms with van der Waals surface area (Å²) in [6, 6.07) is 7.45. The zero-order chi connectivity index (χ0) is 24.9. The Bertz CT molecular complexity index is 1140. The second-order valence-electron chi connectivity index (χ2n) is 8.63. The van der Waals surface area contributed by atoms with E-state index in [-0.39, 0.29) is 34.7 Å². The van der Waals surface area contributed by atoms with Gasteiger partial charge < -0.3 is 19.9 Å². The molecule has 1 aliphatic carbocycles. The molecule has 1 saturated carbocycles. The van der Waals surface area contributed by atoms with Gasteiger partial charge in [0.1, 0.15) is 22.1 Å². The Morgan fingerprint density at radius 3 is 2.32 bits per heavy atom. The zero-order valence-electron chi connectivity index (χ0n) is 19.7. The first-order valence-electron chi connectivity index (χ1n) is 11.4. The number of phenols is 1. The van der Waals surface area contributed by atoms with Gasteiger partial charge >= 0.3 is 11.9 Å². The molecule has 0 atom stereocenters. The minimum atomic E-state index is -3.68. The molecule has 2 aromatic carbocycles. The van der Waals surface area contributed by atoms with Gasteiger partial charge in [-0.2, -0.15) is 0 Å². The van der Waals surface area contributed by atoms with Crippen molar-refractivity contribution in [3.05, 3.63) is 41.5 Å². The van der Waals surface area contributed by atoms with E-state index in [0.717, 1.165) is 32.1 Å². The van der Waals surface area contributed by atoms with Gasteiger partial charge in [-0.3, -0.25) is 4.79 Å². The number of carbonyl (C=O) groups excluding carboxylic acids is 2. The number of phenolic OH excluding ortho intramolecular Hbond substituents is 1. The van der Waals surface area contributed by atoms with E-state index < -0.39 is 21.7 Å². The van der Waals surface area contributed by atoms with Crippen molar-refractivity contribution in [1.29, 1.82) is 0 Å². The fourth-order valence-corrected chi connectivity index (χ4v) is 6.06. The third-order valence-electron chi connectivity index (χ3n) is 5.85. The molecule has 1 fully saturated rings. The summed E-state index contributed by atoms with van der Waals surface area (Å²) < 4.78 is 36.7. The molecule has 8 nitrogen and oxygen atoms in total. The van der Waals surface area contributed by atoms with Crippen molar-refractivity contribution in [2.75, 3.05) is 17.7 Å². The number of hydrogen-bond donors (Lipinski definition) is 2. The Morgan fingerprint density at radius 2 is 1.71 bits per heavy atom. The minimum Gasteiger partial charge on any atom is -0.507 e. The lowest BCUT2D eigenvalue weighted by Crippen LogP contribution is -2.25. The first-order chi connectivity index (χ1) is 16.1. The minimum absolute atomic E-state index is 0.0108. The molecule has 0 aromatic heterocycles. The molecule has 0 aliphatic heterocycles. The lowest BCUT2D eigenvalue weighted by molar-refractivity contribution is -0.152. The Balaban J connectivity index is 1.80. The lowest BCUT2D eigenvalue weighted by atomic mass is 9.91. The quantitative estimate of drug-likeness (QED) is 0.429. The summed E-state index contributed by atoms with van der Waals surface area (Å²) in [4.78, 5) is 23.3. The van der Waals surface area contributed by atoms with E-state index in [2.05, 4.69) is 10.1 Å². The van der Waals surface area contributed by atoms with Crippen molar-refractivity contribution in [1.82, 2.24) is 0 Å². The molecule has 2 N–H and O–H groups in total. The summed E-state index contributed by atoms with van der Waals surface area (Å²) >= 11 is 0. The van der Waals surface area contributed by atoms with Crippen LogP contribution >= 0.6 is 0 Å². The standard InChI is InChI=1S/C25H31NO7S/c1-4-32-25(29)24(28)26-19-12-16(2)23(17(3)13-19)33-20-10-11-21(27)22(14-20)34(30,31)15-18-8-6-5-7-9-18/h10-14,18,27H,4-9,15H2,1-3H3,(H,26,28). The number of carbonyl (C=O) groups is 2. The van der Waals surface area contributed by atoms with Crippen LogP contribution in [0.3, 0.4) is 0 Å². The molecular formula is C25H31NO7S. The summed E-state index contributed by atoms with van der Waals surface area (Å²) in [5.74, 6) is -1.27. The molecule has 3 rings (SSSR count). The van der Waals surface area contributed by atoms with E-state index in [1.54, 1.807) is 32.9 Å². The third-order valence-corrected chi connectivity index (χ3v) is 7.75. The smallest absolute Gasteiger partial charge is 0.397 e. The van der Waals surface area contributed by atoms with Crippen LogP contribution in [0.2, 0.25) is 0 Å². The van der Waals surface area contributed by atoms with Crippen LogP contribution < -0.4 is 10.1 Å². The fourth-order valence-electron chi connectivity index (χ4n) is 4.24. The highest BCUT2D eigenvalue weighted by Gasteiger charge is 2.26. The Morgan fingerprint density at radius 1 is 1.06 bits per heavy atom. The van der Waals surface area contributed by atoms with Gasteiger partial charge in [0.25, 0.3) is 0 Å². The molecule has 0 saturated heterocycles. The average molecular weight is 490 g/mol. The number of sulfone groups is 1. The number of nitrogens with one attached hydrogen (secondary N) is 1. The third kappa shape index (κ3) is 6.28. The Kier molecular flexibility index (Phi) is 8.19. The average Bonchev–Trinajstić information content (AvgIpc) is 2.77. The second-order valence-corrected chi connectivity index (χ2v) is 10.6. The normalized spacial score (nSPS) is 14.4. The number of benzene rings is 2. The highest BCUT2D eigenvalue weighted by molar-refractivity contribution is 7.91. The summed E-state index contributed by atoms with van der Waals surface area (Å²) in [6.07, 6.45) is 4.96. The molecule has 1 aliphatic rings. The molecule has 2 aromatic rings. The van der Waals surface area contributed by atoms with E-state index in [4.69, 9.17) is 4.74 Å². The molecule has 9 heteroatoms. The summed E-state index contributed by atoms with van der Waals surface area (Å²) in [5.41, 5.74) is 1.74. The maximum Gasteiger partial charge on any atom is 0.397 e. The maximum atomic E-state index is 13.0. The van der Waals surface area contributed by atoms with Gasteiger partial charge in [-0.15, -0.1) is 0 Å². The number of hydrogen-bond acceptors (Lipinski definition) is 7. The van der Waals surface area contributed by atoms with Crippen LogP contribution in [0.25, 0.3) is 0 Å². The molecule has 0 heterocycles. The summed E-state index contributed by atoms with van der Waals surface area (Å²) in [6.45, 7) is 5.25. The summed E-state index contributed by atoms with van der Waals surface area (Å²) in [7, 11) is -3.68. The van der Waals surface area contributed by atoms with Gasteiger partial charge in [-0.1, -0.05) is 19.3 Å². The van der Waals surface area contributed by atoms with Crippen LogP contribution in [0.15, 0.2) is 35.2 Å². The molecule has 0 spiro atoms. The van der Waals surface area contributed by atoms with Gasteiger partial charge in [0.15, 0.2) is 9.84 Å². The Hall–Kier alpha value is -3.07. The lowest BCUT2D eigenvalue weighted by Gasteiger charge is -2.21. The Labute approximate surface area is 200 Å². The van der Waals surface area contributed by atoms with E-state index in [0.29, 0.717) is 22.6 Å². The van der Waals surface area contributed by atoms with E-state index >= 15 is 0 Å². The van der Waals surface area contributed by atoms with Crippen molar-refractivity contribution >= 4 is 27.4 Å². The largest absolute Gasteiger partial charge is 0.507 e. The number of ether oxygens (including phenoxy) is 2. The van der Waals surface area contributed by atoms with E-state index in [1.165, 1.54) is 18.2 Å². The number of anilines is 1. The number of aryl methyl sites for hydroxylation is 2. The fraction of sp³-hybridized carbons (Fsp3) is 0.440. The topological polar surface area (TPSA) is 119 Å². The molecule has 0 unspecified atom stereocenters. The maximum absolute atomic E-state index is 13.0. The molecule has 1 amide bonds. The first kappa shape index (κ1) is 25.6. The van der Waals surface area contributed by atoms with Crippen molar-refractivity contribution < 1.29 is 32.6 Å². The van der Waals surface area contributed by atoms with Gasteiger partial charge in [0, 0.05) is 11.8 Å². The second kappa shape index (κ2) is 10.9. The van der Waals surface area contributed by atoms with Crippen LogP contribution in [-0.2, 0) is 24.2 Å². The van der Waals surface area contributed by atoms with Gasteiger partial charge in [-0.25, -0.2) is 13.2 Å². The molecule has 0 bridgehead atoms. The number of aromatic hydroxyl groups is 1. The van der Waals surface area contributed by atoms with Crippen LogP contribution in [0.4, 0.5) is 5.69 Å². The van der Waals surface area contributed by atoms with Crippen LogP contribution in [0.5, 0.6) is 17.2 Å². The van der Waals surface area contributed by atoms with Gasteiger partial charge in [0.2, 0.25) is 0 Å². The predicted molar refractivity (Wildman–Crippen MR) is 128 cm³/mol. The number of amides is 1. The van der Waals surface area contributed by atoms with Crippen molar-refractivity contribution in [3.63, 3.8) is 0 Å². The van der Waals surface area contributed by atoms with Gasteiger partial charge in [-0.05, 0) is 74.9 Å². The SMILES string of the molecule is CCOC(=O)C(=O)Nc1cc(C)c(Oc2ccc(O)c(S(=O)(=O)CC3CCCCC3)c2)c(C)c1. The summed E-state index contributed by atoms with van der Waals surface area (Å²) in [5, 5.41) is 12.8. The molecule has 0 radical (unpaired) electrons. The molecule has 184 valence electrons.